The number of anilines is 2. The van der Waals surface area contributed by atoms with Gasteiger partial charge in [0, 0.05) is 18.3 Å². The van der Waals surface area contributed by atoms with Crippen LogP contribution < -0.4 is 10.6 Å². The summed E-state index contributed by atoms with van der Waals surface area (Å²) >= 11 is 0. The molecule has 3 N–H and O–H groups in total. The minimum atomic E-state index is -0.971. The number of nitrogens with zero attached hydrogens (tertiary/aromatic N) is 4. The van der Waals surface area contributed by atoms with Gasteiger partial charge in [-0.2, -0.15) is 0 Å². The Balaban J connectivity index is 1.42. The van der Waals surface area contributed by atoms with E-state index in [0.717, 1.165) is 33.9 Å². The van der Waals surface area contributed by atoms with Crippen LogP contribution in [0.1, 0.15) is 34.9 Å². The van der Waals surface area contributed by atoms with Crippen molar-refractivity contribution in [2.24, 2.45) is 0 Å². The third-order valence-electron chi connectivity index (χ3n) is 5.93. The van der Waals surface area contributed by atoms with Crippen LogP contribution in [-0.2, 0) is 24.2 Å². The Kier molecular flexibility index (Phi) is 7.58. The molecule has 0 aliphatic carbocycles. The van der Waals surface area contributed by atoms with Crippen LogP contribution >= 0.6 is 0 Å². The maximum atomic E-state index is 13.8. The van der Waals surface area contributed by atoms with Crippen LogP contribution in [0.4, 0.5) is 15.9 Å². The van der Waals surface area contributed by atoms with E-state index in [2.05, 4.69) is 25.9 Å². The quantitative estimate of drug-likeness (QED) is 0.297. The number of carboxylic acid groups (broad SMARTS) is 1. The van der Waals surface area contributed by atoms with Crippen molar-refractivity contribution in [3.8, 4) is 5.69 Å². The minimum absolute atomic E-state index is 0.269. The number of hydrogen-bond acceptors (Lipinski definition) is 6. The Morgan fingerprint density at radius 1 is 1.14 bits per heavy atom. The predicted molar refractivity (Wildman–Crippen MR) is 137 cm³/mol. The van der Waals surface area contributed by atoms with Gasteiger partial charge in [-0.05, 0) is 78.9 Å². The topological polar surface area (TPSA) is 105 Å². The highest BCUT2D eigenvalue weighted by atomic mass is 19.1. The van der Waals surface area contributed by atoms with Gasteiger partial charge in [0.1, 0.15) is 23.4 Å². The van der Waals surface area contributed by atoms with Gasteiger partial charge in [-0.1, -0.05) is 24.3 Å². The number of benzene rings is 2. The average Bonchev–Trinajstić information content (AvgIpc) is 3.33. The summed E-state index contributed by atoms with van der Waals surface area (Å²) in [4.78, 5) is 16.3. The van der Waals surface area contributed by atoms with Gasteiger partial charge >= 0.3 is 5.97 Å². The molecule has 0 fully saturated rings. The van der Waals surface area contributed by atoms with Gasteiger partial charge in [-0.15, -0.1) is 5.10 Å². The molecular formula is C27H29FN6O2. The first-order valence-electron chi connectivity index (χ1n) is 11.8. The lowest BCUT2D eigenvalue weighted by Crippen LogP contribution is -2.32. The minimum Gasteiger partial charge on any atom is -0.480 e. The molecule has 1 atom stereocenters. The first kappa shape index (κ1) is 24.8. The smallest absolute Gasteiger partial charge is 0.326 e. The number of carbonyl (C=O) groups is 1. The van der Waals surface area contributed by atoms with Gasteiger partial charge in [0.2, 0.25) is 0 Å². The molecule has 0 radical (unpaired) electrons. The SMILES string of the molecule is CCc1cc(F)cc(C)c1NC(Cc1ccc(-n2cc(CNc3cc(C)ccn3)nn2)cc1)C(=O)O. The fourth-order valence-corrected chi connectivity index (χ4v) is 4.01. The largest absolute Gasteiger partial charge is 0.480 e. The van der Waals surface area contributed by atoms with E-state index in [0.29, 0.717) is 24.2 Å². The Morgan fingerprint density at radius 3 is 2.61 bits per heavy atom. The second-order valence-corrected chi connectivity index (χ2v) is 8.74. The van der Waals surface area contributed by atoms with Crippen LogP contribution in [0, 0.1) is 19.7 Å². The molecular weight excluding hydrogens is 459 g/mol. The fourth-order valence-electron chi connectivity index (χ4n) is 4.01. The predicted octanol–water partition coefficient (Wildman–Crippen LogP) is 4.70. The summed E-state index contributed by atoms with van der Waals surface area (Å²) < 4.78 is 15.5. The Bertz CT molecular complexity index is 1350. The van der Waals surface area contributed by atoms with Crippen LogP contribution in [0.3, 0.4) is 0 Å². The van der Waals surface area contributed by atoms with Crippen molar-refractivity contribution in [3.63, 3.8) is 0 Å². The maximum absolute atomic E-state index is 13.8. The zero-order valence-electron chi connectivity index (χ0n) is 20.5. The average molecular weight is 489 g/mol. The molecule has 1 unspecified atom stereocenters. The van der Waals surface area contributed by atoms with Gasteiger partial charge in [-0.25, -0.2) is 18.9 Å². The second kappa shape index (κ2) is 11.0. The summed E-state index contributed by atoms with van der Waals surface area (Å²) in [5, 5.41) is 24.6. The Labute approximate surface area is 209 Å². The zero-order chi connectivity index (χ0) is 25.7. The van der Waals surface area contributed by atoms with Crippen LogP contribution in [0.25, 0.3) is 5.69 Å². The summed E-state index contributed by atoms with van der Waals surface area (Å²) in [7, 11) is 0. The number of hydrogen-bond donors (Lipinski definition) is 3. The molecule has 2 heterocycles. The monoisotopic (exact) mass is 488 g/mol. The highest BCUT2D eigenvalue weighted by Crippen LogP contribution is 2.25. The van der Waals surface area contributed by atoms with E-state index < -0.39 is 12.0 Å². The number of aromatic nitrogens is 4. The van der Waals surface area contributed by atoms with Crippen molar-refractivity contribution < 1.29 is 14.3 Å². The van der Waals surface area contributed by atoms with Crippen LogP contribution in [-0.4, -0.2) is 37.1 Å². The van der Waals surface area contributed by atoms with Gasteiger partial charge in [0.15, 0.2) is 0 Å². The summed E-state index contributed by atoms with van der Waals surface area (Å²) in [5.41, 5.74) is 5.66. The van der Waals surface area contributed by atoms with E-state index in [1.54, 1.807) is 17.8 Å². The molecule has 9 heteroatoms. The summed E-state index contributed by atoms with van der Waals surface area (Å²) in [5.74, 6) is -0.519. The standard InChI is InChI=1S/C27H29FN6O2/c1-4-20-14-21(28)12-18(3)26(20)31-24(27(35)36)13-19-5-7-23(8-6-19)34-16-22(32-33-34)15-30-25-11-17(2)9-10-29-25/h5-12,14,16,24,31H,4,13,15H2,1-3H3,(H,29,30)(H,35,36). The molecule has 0 saturated heterocycles. The number of nitrogens with one attached hydrogen (secondary N) is 2. The van der Waals surface area contributed by atoms with Crippen molar-refractivity contribution in [2.45, 2.75) is 46.2 Å². The lowest BCUT2D eigenvalue weighted by molar-refractivity contribution is -0.137. The number of carboxylic acids is 1. The number of pyridine rings is 1. The number of halogens is 1. The number of aryl methyl sites for hydroxylation is 3. The van der Waals surface area contributed by atoms with Crippen LogP contribution in [0.5, 0.6) is 0 Å². The lowest BCUT2D eigenvalue weighted by atomic mass is 10.0. The van der Waals surface area contributed by atoms with Gasteiger partial charge < -0.3 is 15.7 Å². The molecule has 0 aliphatic heterocycles. The van der Waals surface area contributed by atoms with E-state index in [1.165, 1.54) is 12.1 Å². The van der Waals surface area contributed by atoms with Gasteiger partial charge in [-0.3, -0.25) is 0 Å². The fraction of sp³-hybridized carbons (Fsp3) is 0.259. The van der Waals surface area contributed by atoms with Crippen LogP contribution in [0.2, 0.25) is 0 Å². The first-order valence-corrected chi connectivity index (χ1v) is 11.8. The normalized spacial score (nSPS) is 11.8. The Morgan fingerprint density at radius 2 is 1.92 bits per heavy atom. The first-order chi connectivity index (χ1) is 17.3. The van der Waals surface area contributed by atoms with Crippen molar-refractivity contribution in [1.82, 2.24) is 20.0 Å². The Hall–Kier alpha value is -4.27. The van der Waals surface area contributed by atoms with Gasteiger partial charge in [0.05, 0.1) is 18.4 Å². The molecule has 0 spiro atoms. The highest BCUT2D eigenvalue weighted by molar-refractivity contribution is 5.79. The summed E-state index contributed by atoms with van der Waals surface area (Å²) in [6, 6.07) is 13.4. The number of rotatable bonds is 10. The number of aliphatic carboxylic acids is 1. The molecule has 8 nitrogen and oxygen atoms in total. The van der Waals surface area contributed by atoms with E-state index in [1.807, 2.05) is 56.4 Å². The molecule has 186 valence electrons. The summed E-state index contributed by atoms with van der Waals surface area (Å²) in [6.45, 7) is 6.19. The second-order valence-electron chi connectivity index (χ2n) is 8.74. The molecule has 0 amide bonds. The molecule has 4 aromatic rings. The van der Waals surface area contributed by atoms with Crippen LogP contribution in [0.15, 0.2) is 60.9 Å². The van der Waals surface area contributed by atoms with Crippen molar-refractivity contribution in [1.29, 1.82) is 0 Å². The van der Waals surface area contributed by atoms with E-state index in [-0.39, 0.29) is 12.2 Å². The van der Waals surface area contributed by atoms with E-state index in [4.69, 9.17) is 0 Å². The van der Waals surface area contributed by atoms with E-state index >= 15 is 0 Å². The summed E-state index contributed by atoms with van der Waals surface area (Å²) in [6.07, 6.45) is 4.46. The van der Waals surface area contributed by atoms with Crippen molar-refractivity contribution in [3.05, 3.63) is 94.7 Å². The molecule has 0 aliphatic rings. The van der Waals surface area contributed by atoms with E-state index in [9.17, 15) is 14.3 Å². The lowest BCUT2D eigenvalue weighted by Gasteiger charge is -2.20. The molecule has 4 rings (SSSR count). The third kappa shape index (κ3) is 6.04. The third-order valence-corrected chi connectivity index (χ3v) is 5.93. The molecule has 36 heavy (non-hydrogen) atoms. The highest BCUT2D eigenvalue weighted by Gasteiger charge is 2.20. The maximum Gasteiger partial charge on any atom is 0.326 e. The zero-order valence-corrected chi connectivity index (χ0v) is 20.5. The molecule has 0 bridgehead atoms. The molecule has 0 saturated carbocycles. The molecule has 2 aromatic carbocycles. The van der Waals surface area contributed by atoms with Gasteiger partial charge in [0.25, 0.3) is 0 Å². The van der Waals surface area contributed by atoms with Crippen molar-refractivity contribution >= 4 is 17.5 Å². The van der Waals surface area contributed by atoms with Crippen molar-refractivity contribution in [2.75, 3.05) is 10.6 Å². The molecule has 2 aromatic heterocycles.